The van der Waals surface area contributed by atoms with Crippen molar-refractivity contribution in [3.8, 4) is 5.75 Å². The predicted octanol–water partition coefficient (Wildman–Crippen LogP) is 4.24. The molecule has 1 N–H and O–H groups in total. The van der Waals surface area contributed by atoms with Crippen LogP contribution in [0.5, 0.6) is 5.75 Å². The maximum atomic E-state index is 13.3. The molecule has 4 rings (SSSR count). The van der Waals surface area contributed by atoms with Crippen LogP contribution in [0.4, 0.5) is 5.69 Å². The van der Waals surface area contributed by atoms with E-state index in [9.17, 15) is 14.4 Å². The predicted molar refractivity (Wildman–Crippen MR) is 122 cm³/mol. The molecule has 1 aromatic rings. The topological polar surface area (TPSA) is 75.7 Å². The van der Waals surface area contributed by atoms with Gasteiger partial charge in [-0.15, -0.1) is 0 Å². The number of imide groups is 1. The van der Waals surface area contributed by atoms with Crippen LogP contribution in [-0.4, -0.2) is 46.8 Å². The highest BCUT2D eigenvalue weighted by Crippen LogP contribution is 2.39. The van der Waals surface area contributed by atoms with Gasteiger partial charge in [0.2, 0.25) is 17.7 Å². The number of thioether (sulfide) groups is 1. The van der Waals surface area contributed by atoms with Gasteiger partial charge < -0.3 is 10.1 Å². The van der Waals surface area contributed by atoms with Gasteiger partial charge in [0, 0.05) is 11.8 Å². The summed E-state index contributed by atoms with van der Waals surface area (Å²) in [5.41, 5.74) is 0.631. The molecule has 3 atom stereocenters. The van der Waals surface area contributed by atoms with Crippen molar-refractivity contribution >= 4 is 35.2 Å². The third kappa shape index (κ3) is 4.92. The van der Waals surface area contributed by atoms with Crippen molar-refractivity contribution in [1.82, 2.24) is 4.90 Å². The SMILES string of the molecule is CSCC[C@H](C(=O)Nc1cccc(OC2CCCC2)c1)N1C(=O)[C@H]2CCCC[C@H]2C1=O. The molecule has 0 aromatic heterocycles. The minimum absolute atomic E-state index is 0.158. The molecule has 168 valence electrons. The Morgan fingerprint density at radius 1 is 1.10 bits per heavy atom. The van der Waals surface area contributed by atoms with E-state index in [4.69, 9.17) is 4.74 Å². The van der Waals surface area contributed by atoms with E-state index in [1.54, 1.807) is 11.8 Å². The number of carbonyl (C=O) groups is 3. The lowest BCUT2D eigenvalue weighted by Crippen LogP contribution is -2.48. The largest absolute Gasteiger partial charge is 0.490 e. The van der Waals surface area contributed by atoms with Crippen LogP contribution in [0.15, 0.2) is 24.3 Å². The molecule has 1 saturated heterocycles. The van der Waals surface area contributed by atoms with Gasteiger partial charge >= 0.3 is 0 Å². The van der Waals surface area contributed by atoms with Crippen molar-refractivity contribution in [2.24, 2.45) is 11.8 Å². The first-order valence-electron chi connectivity index (χ1n) is 11.5. The lowest BCUT2D eigenvalue weighted by Gasteiger charge is -2.26. The van der Waals surface area contributed by atoms with Crippen molar-refractivity contribution in [1.29, 1.82) is 0 Å². The smallest absolute Gasteiger partial charge is 0.247 e. The molecule has 0 radical (unpaired) electrons. The number of hydrogen-bond donors (Lipinski definition) is 1. The molecule has 0 bridgehead atoms. The highest BCUT2D eigenvalue weighted by Gasteiger charge is 2.51. The monoisotopic (exact) mass is 444 g/mol. The number of rotatable bonds is 8. The van der Waals surface area contributed by atoms with Gasteiger partial charge in [-0.3, -0.25) is 19.3 Å². The Labute approximate surface area is 188 Å². The van der Waals surface area contributed by atoms with Gasteiger partial charge in [0.15, 0.2) is 0 Å². The van der Waals surface area contributed by atoms with Crippen LogP contribution in [0.25, 0.3) is 0 Å². The Morgan fingerprint density at radius 2 is 1.74 bits per heavy atom. The van der Waals surface area contributed by atoms with Gasteiger partial charge in [0.1, 0.15) is 11.8 Å². The van der Waals surface area contributed by atoms with Crippen LogP contribution in [0.1, 0.15) is 57.8 Å². The van der Waals surface area contributed by atoms with E-state index in [0.29, 0.717) is 17.9 Å². The van der Waals surface area contributed by atoms with Gasteiger partial charge in [0.05, 0.1) is 17.9 Å². The normalized spacial score (nSPS) is 24.9. The summed E-state index contributed by atoms with van der Waals surface area (Å²) in [5.74, 6) is 0.346. The number of amides is 3. The average Bonchev–Trinajstić information content (AvgIpc) is 3.37. The summed E-state index contributed by atoms with van der Waals surface area (Å²) < 4.78 is 6.05. The van der Waals surface area contributed by atoms with Crippen LogP contribution >= 0.6 is 11.8 Å². The molecule has 3 aliphatic rings. The summed E-state index contributed by atoms with van der Waals surface area (Å²) in [5, 5.41) is 2.94. The fourth-order valence-corrected chi connectivity index (χ4v) is 5.63. The number of hydrogen-bond acceptors (Lipinski definition) is 5. The first-order chi connectivity index (χ1) is 15.1. The van der Waals surface area contributed by atoms with Crippen molar-refractivity contribution < 1.29 is 19.1 Å². The summed E-state index contributed by atoms with van der Waals surface area (Å²) in [4.78, 5) is 40.6. The van der Waals surface area contributed by atoms with E-state index < -0.39 is 6.04 Å². The summed E-state index contributed by atoms with van der Waals surface area (Å²) >= 11 is 1.61. The van der Waals surface area contributed by atoms with Gasteiger partial charge in [-0.2, -0.15) is 11.8 Å². The molecule has 3 fully saturated rings. The van der Waals surface area contributed by atoms with Crippen molar-refractivity contribution in [2.45, 2.75) is 69.9 Å². The summed E-state index contributed by atoms with van der Waals surface area (Å²) in [6.45, 7) is 0. The van der Waals surface area contributed by atoms with E-state index in [1.165, 1.54) is 17.7 Å². The van der Waals surface area contributed by atoms with E-state index in [2.05, 4.69) is 5.32 Å². The molecular weight excluding hydrogens is 412 g/mol. The second-order valence-electron chi connectivity index (χ2n) is 8.88. The molecule has 6 nitrogen and oxygen atoms in total. The highest BCUT2D eigenvalue weighted by molar-refractivity contribution is 7.98. The maximum Gasteiger partial charge on any atom is 0.247 e. The molecule has 7 heteroatoms. The number of fused-ring (bicyclic) bond motifs is 1. The van der Waals surface area contributed by atoms with Crippen LogP contribution in [0, 0.1) is 11.8 Å². The Hall–Kier alpha value is -2.02. The summed E-state index contributed by atoms with van der Waals surface area (Å²) in [6, 6.07) is 6.64. The van der Waals surface area contributed by atoms with Crippen LogP contribution in [-0.2, 0) is 14.4 Å². The molecule has 31 heavy (non-hydrogen) atoms. The second-order valence-corrected chi connectivity index (χ2v) is 9.87. The molecule has 3 amide bonds. The lowest BCUT2D eigenvalue weighted by molar-refractivity contribution is -0.146. The fourth-order valence-electron chi connectivity index (χ4n) is 5.17. The van der Waals surface area contributed by atoms with Crippen LogP contribution in [0.3, 0.4) is 0 Å². The molecule has 2 saturated carbocycles. The summed E-state index contributed by atoms with van der Waals surface area (Å²) in [7, 11) is 0. The minimum Gasteiger partial charge on any atom is -0.490 e. The minimum atomic E-state index is -0.766. The number of carbonyl (C=O) groups excluding carboxylic acids is 3. The van der Waals surface area contributed by atoms with Gasteiger partial charge in [-0.1, -0.05) is 18.9 Å². The number of anilines is 1. The van der Waals surface area contributed by atoms with Crippen LogP contribution in [0.2, 0.25) is 0 Å². The quantitative estimate of drug-likeness (QED) is 0.607. The Morgan fingerprint density at radius 3 is 2.39 bits per heavy atom. The van der Waals surface area contributed by atoms with Crippen molar-refractivity contribution in [2.75, 3.05) is 17.3 Å². The zero-order valence-electron chi connectivity index (χ0n) is 18.2. The van der Waals surface area contributed by atoms with Crippen molar-refractivity contribution in [3.63, 3.8) is 0 Å². The Kier molecular flexibility index (Phi) is 7.20. The molecular formula is C24H32N2O4S. The third-order valence-electron chi connectivity index (χ3n) is 6.79. The number of nitrogens with one attached hydrogen (secondary N) is 1. The molecule has 1 aromatic carbocycles. The number of benzene rings is 1. The van der Waals surface area contributed by atoms with Crippen LogP contribution < -0.4 is 10.1 Å². The zero-order valence-corrected chi connectivity index (χ0v) is 19.0. The maximum absolute atomic E-state index is 13.3. The van der Waals surface area contributed by atoms with E-state index in [-0.39, 0.29) is 35.7 Å². The Bertz CT molecular complexity index is 800. The van der Waals surface area contributed by atoms with Gasteiger partial charge in [-0.25, -0.2) is 0 Å². The third-order valence-corrected chi connectivity index (χ3v) is 7.44. The molecule has 1 heterocycles. The molecule has 2 aliphatic carbocycles. The van der Waals surface area contributed by atoms with Gasteiger partial charge in [0.25, 0.3) is 0 Å². The number of nitrogens with zero attached hydrogens (tertiary/aromatic N) is 1. The molecule has 1 aliphatic heterocycles. The zero-order chi connectivity index (χ0) is 21.8. The number of likely N-dealkylation sites (tertiary alicyclic amines) is 1. The highest BCUT2D eigenvalue weighted by atomic mass is 32.2. The second kappa shape index (κ2) is 10.1. The number of ether oxygens (including phenoxy) is 1. The fraction of sp³-hybridized carbons (Fsp3) is 0.625. The molecule has 0 unspecified atom stereocenters. The van der Waals surface area contributed by atoms with E-state index in [1.807, 2.05) is 30.5 Å². The van der Waals surface area contributed by atoms with Crippen molar-refractivity contribution in [3.05, 3.63) is 24.3 Å². The first-order valence-corrected chi connectivity index (χ1v) is 12.9. The Balaban J connectivity index is 1.48. The standard InChI is InChI=1S/C24H32N2O4S/c1-31-14-13-21(26-23(28)19-11-4-5-12-20(19)24(26)29)22(27)25-16-7-6-10-18(15-16)30-17-8-2-3-9-17/h6-7,10,15,17,19-21H,2-5,8-9,11-14H2,1H3,(H,25,27)/t19-,20+,21-/m1/s1. The van der Waals surface area contributed by atoms with E-state index in [0.717, 1.165) is 44.3 Å². The summed E-state index contributed by atoms with van der Waals surface area (Å²) in [6.07, 6.45) is 10.6. The molecule has 0 spiro atoms. The first kappa shape index (κ1) is 22.2. The van der Waals surface area contributed by atoms with Gasteiger partial charge in [-0.05, 0) is 69.1 Å². The average molecular weight is 445 g/mol. The van der Waals surface area contributed by atoms with E-state index >= 15 is 0 Å². The lowest BCUT2D eigenvalue weighted by atomic mass is 9.81.